The number of methoxy groups -OCH3 is 2. The first-order valence-corrected chi connectivity index (χ1v) is 7.15. The molecular formula is C17H22N2O2. The van der Waals surface area contributed by atoms with Gasteiger partial charge in [-0.15, -0.1) is 0 Å². The largest absolute Gasteiger partial charge is 0.497 e. The summed E-state index contributed by atoms with van der Waals surface area (Å²) in [6.07, 6.45) is 4.73. The molecule has 1 atom stereocenters. The Morgan fingerprint density at radius 2 is 2.05 bits per heavy atom. The quantitative estimate of drug-likeness (QED) is 0.849. The lowest BCUT2D eigenvalue weighted by atomic mass is 9.98. The van der Waals surface area contributed by atoms with E-state index in [4.69, 9.17) is 9.47 Å². The molecule has 1 heterocycles. The van der Waals surface area contributed by atoms with Crippen molar-refractivity contribution in [2.45, 2.75) is 19.4 Å². The first-order chi connectivity index (χ1) is 10.3. The smallest absolute Gasteiger partial charge is 0.127 e. The molecule has 2 aromatic rings. The lowest BCUT2D eigenvalue weighted by Crippen LogP contribution is -2.23. The summed E-state index contributed by atoms with van der Waals surface area (Å²) < 4.78 is 10.8. The topological polar surface area (TPSA) is 43.4 Å². The van der Waals surface area contributed by atoms with Gasteiger partial charge in [0.25, 0.3) is 0 Å². The molecule has 0 aliphatic rings. The highest BCUT2D eigenvalue weighted by atomic mass is 16.5. The Bertz CT molecular complexity index is 558. The van der Waals surface area contributed by atoms with Gasteiger partial charge in [0.05, 0.1) is 20.3 Å². The van der Waals surface area contributed by atoms with Crippen molar-refractivity contribution in [1.82, 2.24) is 10.3 Å². The minimum atomic E-state index is 0.0551. The maximum atomic E-state index is 5.53. The number of pyridine rings is 1. The van der Waals surface area contributed by atoms with E-state index in [0.717, 1.165) is 35.6 Å². The van der Waals surface area contributed by atoms with Crippen molar-refractivity contribution in [3.05, 3.63) is 53.9 Å². The monoisotopic (exact) mass is 286 g/mol. The summed E-state index contributed by atoms with van der Waals surface area (Å²) in [7, 11) is 3.33. The number of aromatic nitrogens is 1. The molecule has 0 bridgehead atoms. The Balaban J connectivity index is 2.41. The van der Waals surface area contributed by atoms with E-state index in [0.29, 0.717) is 0 Å². The molecule has 0 fully saturated rings. The van der Waals surface area contributed by atoms with Crippen LogP contribution in [-0.2, 0) is 0 Å². The van der Waals surface area contributed by atoms with Gasteiger partial charge in [0.2, 0.25) is 0 Å². The van der Waals surface area contributed by atoms with Crippen LogP contribution >= 0.6 is 0 Å². The van der Waals surface area contributed by atoms with Gasteiger partial charge in [0.15, 0.2) is 0 Å². The molecule has 0 aliphatic heterocycles. The standard InChI is InChI=1S/C17H22N2O2/c1-4-9-19-17(13-6-5-10-18-12-13)15-8-7-14(20-2)11-16(15)21-3/h5-8,10-12,17,19H,4,9H2,1-3H3. The van der Waals surface area contributed by atoms with Gasteiger partial charge < -0.3 is 14.8 Å². The molecule has 1 aromatic carbocycles. The molecule has 4 nitrogen and oxygen atoms in total. The van der Waals surface area contributed by atoms with Gasteiger partial charge >= 0.3 is 0 Å². The molecule has 1 aromatic heterocycles. The number of hydrogen-bond donors (Lipinski definition) is 1. The van der Waals surface area contributed by atoms with Gasteiger partial charge in [-0.25, -0.2) is 0 Å². The van der Waals surface area contributed by atoms with E-state index < -0.39 is 0 Å². The van der Waals surface area contributed by atoms with E-state index in [9.17, 15) is 0 Å². The third-order valence-electron chi connectivity index (χ3n) is 3.37. The zero-order chi connectivity index (χ0) is 15.1. The maximum absolute atomic E-state index is 5.53. The molecule has 21 heavy (non-hydrogen) atoms. The Kier molecular flexibility index (Phi) is 5.58. The fourth-order valence-electron chi connectivity index (χ4n) is 2.30. The Labute approximate surface area is 126 Å². The minimum absolute atomic E-state index is 0.0551. The molecule has 0 saturated heterocycles. The van der Waals surface area contributed by atoms with Crippen molar-refractivity contribution in [2.24, 2.45) is 0 Å². The normalized spacial score (nSPS) is 12.0. The van der Waals surface area contributed by atoms with Gasteiger partial charge in [-0.1, -0.05) is 13.0 Å². The number of nitrogens with zero attached hydrogens (tertiary/aromatic N) is 1. The second kappa shape index (κ2) is 7.64. The number of ether oxygens (including phenoxy) is 2. The Morgan fingerprint density at radius 1 is 1.19 bits per heavy atom. The highest BCUT2D eigenvalue weighted by Gasteiger charge is 2.18. The van der Waals surface area contributed by atoms with Crippen molar-refractivity contribution in [1.29, 1.82) is 0 Å². The van der Waals surface area contributed by atoms with Crippen LogP contribution in [-0.4, -0.2) is 25.7 Å². The highest BCUT2D eigenvalue weighted by Crippen LogP contribution is 2.32. The predicted molar refractivity (Wildman–Crippen MR) is 83.9 cm³/mol. The number of nitrogens with one attached hydrogen (secondary N) is 1. The molecule has 1 N–H and O–H groups in total. The van der Waals surface area contributed by atoms with E-state index in [1.807, 2.05) is 30.5 Å². The molecule has 0 radical (unpaired) electrons. The summed E-state index contributed by atoms with van der Waals surface area (Å²) in [5.41, 5.74) is 2.20. The summed E-state index contributed by atoms with van der Waals surface area (Å²) >= 11 is 0. The number of rotatable bonds is 7. The molecule has 0 spiro atoms. The minimum Gasteiger partial charge on any atom is -0.497 e. The molecule has 0 aliphatic carbocycles. The van der Waals surface area contributed by atoms with Gasteiger partial charge in [0, 0.05) is 24.0 Å². The summed E-state index contributed by atoms with van der Waals surface area (Å²) in [5, 5.41) is 3.55. The molecule has 0 amide bonds. The van der Waals surface area contributed by atoms with Crippen LogP contribution in [0.5, 0.6) is 11.5 Å². The lowest BCUT2D eigenvalue weighted by Gasteiger charge is -2.22. The second-order valence-electron chi connectivity index (χ2n) is 4.78. The van der Waals surface area contributed by atoms with E-state index in [-0.39, 0.29) is 6.04 Å². The van der Waals surface area contributed by atoms with E-state index >= 15 is 0 Å². The fourth-order valence-corrected chi connectivity index (χ4v) is 2.30. The molecular weight excluding hydrogens is 264 g/mol. The van der Waals surface area contributed by atoms with Crippen LogP contribution in [0.2, 0.25) is 0 Å². The third kappa shape index (κ3) is 3.73. The van der Waals surface area contributed by atoms with Crippen LogP contribution in [0.4, 0.5) is 0 Å². The molecule has 0 saturated carbocycles. The van der Waals surface area contributed by atoms with Gasteiger partial charge in [-0.3, -0.25) is 4.98 Å². The molecule has 112 valence electrons. The van der Waals surface area contributed by atoms with Crippen LogP contribution in [0.3, 0.4) is 0 Å². The van der Waals surface area contributed by atoms with Crippen LogP contribution in [0, 0.1) is 0 Å². The van der Waals surface area contributed by atoms with Crippen LogP contribution in [0.25, 0.3) is 0 Å². The van der Waals surface area contributed by atoms with Crippen molar-refractivity contribution in [3.63, 3.8) is 0 Å². The van der Waals surface area contributed by atoms with Gasteiger partial charge in [-0.2, -0.15) is 0 Å². The first kappa shape index (κ1) is 15.3. The van der Waals surface area contributed by atoms with Crippen molar-refractivity contribution in [3.8, 4) is 11.5 Å². The number of benzene rings is 1. The van der Waals surface area contributed by atoms with Crippen LogP contribution in [0.15, 0.2) is 42.7 Å². The van der Waals surface area contributed by atoms with Gasteiger partial charge in [-0.05, 0) is 36.7 Å². The van der Waals surface area contributed by atoms with Crippen molar-refractivity contribution in [2.75, 3.05) is 20.8 Å². The average molecular weight is 286 g/mol. The SMILES string of the molecule is CCCNC(c1cccnc1)c1ccc(OC)cc1OC. The third-order valence-corrected chi connectivity index (χ3v) is 3.37. The zero-order valence-electron chi connectivity index (χ0n) is 12.8. The molecule has 1 unspecified atom stereocenters. The Hall–Kier alpha value is -2.07. The Morgan fingerprint density at radius 3 is 2.67 bits per heavy atom. The van der Waals surface area contributed by atoms with Gasteiger partial charge in [0.1, 0.15) is 11.5 Å². The van der Waals surface area contributed by atoms with Crippen molar-refractivity contribution >= 4 is 0 Å². The first-order valence-electron chi connectivity index (χ1n) is 7.15. The average Bonchev–Trinajstić information content (AvgIpc) is 2.56. The lowest BCUT2D eigenvalue weighted by molar-refractivity contribution is 0.387. The summed E-state index contributed by atoms with van der Waals surface area (Å²) in [6.45, 7) is 3.08. The zero-order valence-corrected chi connectivity index (χ0v) is 12.8. The van der Waals surface area contributed by atoms with Crippen molar-refractivity contribution < 1.29 is 9.47 Å². The van der Waals surface area contributed by atoms with E-state index in [1.165, 1.54) is 0 Å². The number of hydrogen-bond acceptors (Lipinski definition) is 4. The molecule has 4 heteroatoms. The van der Waals surface area contributed by atoms with Crippen LogP contribution in [0.1, 0.15) is 30.5 Å². The summed E-state index contributed by atoms with van der Waals surface area (Å²) in [4.78, 5) is 4.22. The highest BCUT2D eigenvalue weighted by molar-refractivity contribution is 5.45. The summed E-state index contributed by atoms with van der Waals surface area (Å²) in [6, 6.07) is 9.98. The van der Waals surface area contributed by atoms with Crippen LogP contribution < -0.4 is 14.8 Å². The predicted octanol–water partition coefficient (Wildman–Crippen LogP) is 3.19. The maximum Gasteiger partial charge on any atom is 0.127 e. The van der Waals surface area contributed by atoms with E-state index in [1.54, 1.807) is 20.4 Å². The second-order valence-corrected chi connectivity index (χ2v) is 4.78. The fraction of sp³-hybridized carbons (Fsp3) is 0.353. The summed E-state index contributed by atoms with van der Waals surface area (Å²) in [5.74, 6) is 1.60. The molecule has 2 rings (SSSR count). The van der Waals surface area contributed by atoms with E-state index in [2.05, 4.69) is 23.3 Å².